The molecule has 2 aliphatic carbocycles. The molecular formula is C39H57FN10O4. The first-order chi connectivity index (χ1) is 25.8. The van der Waals surface area contributed by atoms with Crippen LogP contribution in [0.1, 0.15) is 78.2 Å². The number of halogens is 1. The van der Waals surface area contributed by atoms with Crippen molar-refractivity contribution in [3.63, 3.8) is 0 Å². The Morgan fingerprint density at radius 1 is 1.00 bits per heavy atom. The Balaban J connectivity index is 1.36. The third kappa shape index (κ3) is 10.1. The number of rotatable bonds is 17. The zero-order valence-corrected chi connectivity index (χ0v) is 32.3. The van der Waals surface area contributed by atoms with E-state index in [0.29, 0.717) is 50.0 Å². The SMILES string of the molecule is CC/C=C(/C(=O)N[C@H](C(=O)Nc1ccc([C@H](C)C(NC(=O)[C@H](C)Nc2ncccn2)C(=O)N2CCN(C)[C@H](C)C2)cc1F)C(C1CC1)C1CC1)N(N)CC. The maximum atomic E-state index is 16.0. The van der Waals surface area contributed by atoms with Crippen LogP contribution in [0.5, 0.6) is 0 Å². The summed E-state index contributed by atoms with van der Waals surface area (Å²) in [7, 11) is 2.01. The average Bonchev–Trinajstić information content (AvgIpc) is 4.10. The average molecular weight is 749 g/mol. The highest BCUT2D eigenvalue weighted by Gasteiger charge is 2.48. The second-order valence-corrected chi connectivity index (χ2v) is 15.0. The molecule has 0 bridgehead atoms. The van der Waals surface area contributed by atoms with Crippen LogP contribution in [0.2, 0.25) is 0 Å². The van der Waals surface area contributed by atoms with Crippen molar-refractivity contribution in [2.24, 2.45) is 23.6 Å². The second-order valence-electron chi connectivity index (χ2n) is 15.0. The fourth-order valence-electron chi connectivity index (χ4n) is 7.22. The summed E-state index contributed by atoms with van der Waals surface area (Å²) in [5, 5.41) is 13.0. The van der Waals surface area contributed by atoms with Crippen LogP contribution in [0.4, 0.5) is 16.0 Å². The number of hydrogen-bond donors (Lipinski definition) is 5. The number of piperazine rings is 1. The molecule has 1 aromatic carbocycles. The number of benzene rings is 1. The Morgan fingerprint density at radius 2 is 1.67 bits per heavy atom. The van der Waals surface area contributed by atoms with Gasteiger partial charge in [0.15, 0.2) is 0 Å². The number of anilines is 2. The van der Waals surface area contributed by atoms with Gasteiger partial charge < -0.3 is 36.1 Å². The predicted molar refractivity (Wildman–Crippen MR) is 205 cm³/mol. The molecule has 0 radical (unpaired) electrons. The van der Waals surface area contributed by atoms with E-state index in [4.69, 9.17) is 5.84 Å². The fraction of sp³-hybridized carbons (Fsp3) is 0.590. The predicted octanol–water partition coefficient (Wildman–Crippen LogP) is 3.22. The van der Waals surface area contributed by atoms with E-state index >= 15 is 4.39 Å². The van der Waals surface area contributed by atoms with Crippen molar-refractivity contribution >= 4 is 35.3 Å². The summed E-state index contributed by atoms with van der Waals surface area (Å²) in [4.78, 5) is 67.3. The number of carbonyl (C=O) groups is 4. The number of likely N-dealkylation sites (N-methyl/N-ethyl adjacent to an activating group) is 2. The summed E-state index contributed by atoms with van der Waals surface area (Å²) in [5.41, 5.74) is 0.710. The second kappa shape index (κ2) is 18.1. The van der Waals surface area contributed by atoms with Gasteiger partial charge in [-0.2, -0.15) is 0 Å². The van der Waals surface area contributed by atoms with E-state index in [1.807, 2.05) is 27.8 Å². The molecule has 14 nitrogen and oxygen atoms in total. The largest absolute Gasteiger partial charge is 0.343 e. The quantitative estimate of drug-likeness (QED) is 0.0917. The molecule has 3 aliphatic rings. The molecule has 15 heteroatoms. The molecule has 1 aromatic heterocycles. The molecule has 5 atom stereocenters. The Hall–Kier alpha value is -4.63. The number of carbonyl (C=O) groups excluding carboxylic acids is 4. The molecule has 54 heavy (non-hydrogen) atoms. The molecule has 2 heterocycles. The van der Waals surface area contributed by atoms with Crippen molar-refractivity contribution in [2.75, 3.05) is 43.9 Å². The van der Waals surface area contributed by atoms with Crippen LogP contribution in [-0.2, 0) is 19.2 Å². The van der Waals surface area contributed by atoms with Crippen molar-refractivity contribution in [3.05, 3.63) is 59.8 Å². The number of nitrogens with two attached hydrogens (primary N) is 1. The number of nitrogens with one attached hydrogen (secondary N) is 4. The lowest BCUT2D eigenvalue weighted by Crippen LogP contribution is -2.59. The molecule has 3 fully saturated rings. The van der Waals surface area contributed by atoms with Crippen molar-refractivity contribution in [2.45, 2.75) is 96.8 Å². The molecule has 5 rings (SSSR count). The Kier molecular flexibility index (Phi) is 13.6. The summed E-state index contributed by atoms with van der Waals surface area (Å²) >= 11 is 0. The summed E-state index contributed by atoms with van der Waals surface area (Å²) < 4.78 is 16.0. The number of hydrazine groups is 1. The highest BCUT2D eigenvalue weighted by atomic mass is 19.1. The molecule has 2 saturated carbocycles. The maximum absolute atomic E-state index is 16.0. The van der Waals surface area contributed by atoms with E-state index in [-0.39, 0.29) is 35.2 Å². The first kappa shape index (κ1) is 40.6. The Labute approximate surface area is 317 Å². The third-order valence-electron chi connectivity index (χ3n) is 11.0. The van der Waals surface area contributed by atoms with E-state index in [1.165, 1.54) is 17.1 Å². The summed E-state index contributed by atoms with van der Waals surface area (Å²) in [6.07, 6.45) is 9.36. The van der Waals surface area contributed by atoms with Gasteiger partial charge in [-0.05, 0) is 101 Å². The van der Waals surface area contributed by atoms with E-state index in [1.54, 1.807) is 49.3 Å². The molecule has 6 N–H and O–H groups in total. The van der Waals surface area contributed by atoms with Gasteiger partial charge in [0.1, 0.15) is 29.6 Å². The number of hydrogen-bond acceptors (Lipinski definition) is 10. The van der Waals surface area contributed by atoms with Gasteiger partial charge in [0.05, 0.1) is 5.69 Å². The van der Waals surface area contributed by atoms with Crippen LogP contribution in [0, 0.1) is 23.6 Å². The molecule has 1 saturated heterocycles. The van der Waals surface area contributed by atoms with Crippen LogP contribution in [0.15, 0.2) is 48.4 Å². The van der Waals surface area contributed by atoms with Crippen LogP contribution in [-0.4, -0.2) is 106 Å². The van der Waals surface area contributed by atoms with E-state index < -0.39 is 47.6 Å². The van der Waals surface area contributed by atoms with Crippen LogP contribution in [0.3, 0.4) is 0 Å². The van der Waals surface area contributed by atoms with Crippen molar-refractivity contribution in [3.8, 4) is 0 Å². The van der Waals surface area contributed by atoms with Gasteiger partial charge in [-0.15, -0.1) is 0 Å². The zero-order chi connectivity index (χ0) is 39.1. The van der Waals surface area contributed by atoms with E-state index in [9.17, 15) is 19.2 Å². The first-order valence-electron chi connectivity index (χ1n) is 19.3. The lowest BCUT2D eigenvalue weighted by Gasteiger charge is -2.40. The Morgan fingerprint density at radius 3 is 2.24 bits per heavy atom. The van der Waals surface area contributed by atoms with E-state index in [2.05, 4.69) is 36.1 Å². The normalized spacial score (nSPS) is 20.1. The van der Waals surface area contributed by atoms with Gasteiger partial charge in [-0.3, -0.25) is 19.2 Å². The van der Waals surface area contributed by atoms with E-state index in [0.717, 1.165) is 25.7 Å². The fourth-order valence-corrected chi connectivity index (χ4v) is 7.22. The lowest BCUT2D eigenvalue weighted by molar-refractivity contribution is -0.139. The van der Waals surface area contributed by atoms with Gasteiger partial charge in [0.2, 0.25) is 23.7 Å². The van der Waals surface area contributed by atoms with Gasteiger partial charge in [0, 0.05) is 50.5 Å². The molecule has 1 aliphatic heterocycles. The van der Waals surface area contributed by atoms with Crippen LogP contribution < -0.4 is 27.1 Å². The standard InChI is InChI=1S/C39H57FN10O4/c1-7-10-31(50(41)8-2)36(52)47-34(32(26-11-12-26)27-13-14-27)37(53)45-30-16-15-28(21-29(30)40)24(4)33(38(54)49-20-19-48(6)23(3)22-49)46-35(51)25(5)44-39-42-17-9-18-43-39/h9-10,15-18,21,23-27,32-34H,7-8,11-14,19-20,22,41H2,1-6H3,(H,45,53)(H,46,51)(H,47,52)(H,42,43,44)/b31-10-/t23-,24+,25+,33?,34+/m1/s1. The monoisotopic (exact) mass is 748 g/mol. The van der Waals surface area contributed by atoms with Crippen LogP contribution >= 0.6 is 0 Å². The summed E-state index contributed by atoms with van der Waals surface area (Å²) in [5.74, 6) is 3.98. The highest BCUT2D eigenvalue weighted by molar-refractivity contribution is 6.01. The first-order valence-corrected chi connectivity index (χ1v) is 19.3. The highest BCUT2D eigenvalue weighted by Crippen LogP contribution is 2.51. The molecule has 4 amide bonds. The third-order valence-corrected chi connectivity index (χ3v) is 11.0. The number of nitrogens with zero attached hydrogens (tertiary/aromatic N) is 5. The molecule has 2 aromatic rings. The molecule has 294 valence electrons. The molecule has 1 unspecified atom stereocenters. The van der Waals surface area contributed by atoms with Gasteiger partial charge in [-0.25, -0.2) is 20.2 Å². The minimum Gasteiger partial charge on any atom is -0.343 e. The van der Waals surface area contributed by atoms with Gasteiger partial charge >= 0.3 is 0 Å². The number of allylic oxidation sites excluding steroid dienone is 1. The van der Waals surface area contributed by atoms with Gasteiger partial charge in [-0.1, -0.05) is 26.0 Å². The summed E-state index contributed by atoms with van der Waals surface area (Å²) in [6.45, 7) is 11.3. The minimum absolute atomic E-state index is 0.0423. The van der Waals surface area contributed by atoms with Crippen molar-refractivity contribution in [1.29, 1.82) is 0 Å². The Bertz CT molecular complexity index is 1660. The molecular weight excluding hydrogens is 691 g/mol. The minimum atomic E-state index is -1.01. The number of aromatic nitrogens is 2. The maximum Gasteiger partial charge on any atom is 0.269 e. The number of amides is 4. The smallest absolute Gasteiger partial charge is 0.269 e. The van der Waals surface area contributed by atoms with Crippen molar-refractivity contribution in [1.82, 2.24) is 35.4 Å². The zero-order valence-electron chi connectivity index (χ0n) is 32.3. The van der Waals surface area contributed by atoms with Crippen molar-refractivity contribution < 1.29 is 23.6 Å². The topological polar surface area (TPSA) is 178 Å². The molecule has 0 spiro atoms. The summed E-state index contributed by atoms with van der Waals surface area (Å²) in [6, 6.07) is 3.55. The van der Waals surface area contributed by atoms with Crippen LogP contribution in [0.25, 0.3) is 0 Å². The lowest BCUT2D eigenvalue weighted by atomic mass is 9.88. The van der Waals surface area contributed by atoms with Gasteiger partial charge in [0.25, 0.3) is 5.91 Å².